The topological polar surface area (TPSA) is 26.3 Å². The van der Waals surface area contributed by atoms with E-state index in [1.807, 2.05) is 19.9 Å². The minimum atomic E-state index is -0.153. The Bertz CT molecular complexity index is 727. The molecule has 0 aliphatic rings. The monoisotopic (exact) mass is 430 g/mol. The van der Waals surface area contributed by atoms with E-state index in [1.54, 1.807) is 25.3 Å². The molecule has 0 unspecified atom stereocenters. The molecule has 0 bridgehead atoms. The van der Waals surface area contributed by atoms with Gasteiger partial charge in [-0.3, -0.25) is 4.79 Å². The first kappa shape index (κ1) is 16.5. The molecule has 0 fully saturated rings. The molecule has 0 aliphatic heterocycles. The molecule has 2 nitrogen and oxygen atoms in total. The molecule has 0 aliphatic carbocycles. The van der Waals surface area contributed by atoms with Crippen LogP contribution in [0.2, 0.25) is 5.02 Å². The highest BCUT2D eigenvalue weighted by atomic mass is 79.9. The molecule has 0 atom stereocenters. The van der Waals surface area contributed by atoms with Crippen molar-refractivity contribution in [2.24, 2.45) is 0 Å². The van der Waals surface area contributed by atoms with Crippen LogP contribution in [-0.4, -0.2) is 12.9 Å². The van der Waals surface area contributed by atoms with Crippen LogP contribution in [0, 0.1) is 13.8 Å². The van der Waals surface area contributed by atoms with Crippen molar-refractivity contribution in [1.82, 2.24) is 0 Å². The van der Waals surface area contributed by atoms with Gasteiger partial charge in [0, 0.05) is 14.5 Å². The Labute approximate surface area is 145 Å². The van der Waals surface area contributed by atoms with Gasteiger partial charge in [-0.05, 0) is 49.2 Å². The number of carbonyl (C=O) groups excluding carboxylic acids is 1. The smallest absolute Gasteiger partial charge is 0.198 e. The molecular weight excluding hydrogens is 419 g/mol. The van der Waals surface area contributed by atoms with Gasteiger partial charge in [-0.1, -0.05) is 43.5 Å². The summed E-state index contributed by atoms with van der Waals surface area (Å²) in [6.45, 7) is 3.79. The predicted octanol–water partition coefficient (Wildman–Crippen LogP) is 5.72. The average Bonchev–Trinajstić information content (AvgIpc) is 2.44. The van der Waals surface area contributed by atoms with Crippen LogP contribution in [0.3, 0.4) is 0 Å². The fourth-order valence-corrected chi connectivity index (χ4v) is 3.30. The Morgan fingerprint density at radius 2 is 1.86 bits per heavy atom. The first-order valence-corrected chi connectivity index (χ1v) is 8.16. The van der Waals surface area contributed by atoms with Gasteiger partial charge >= 0.3 is 0 Å². The Morgan fingerprint density at radius 3 is 2.48 bits per heavy atom. The molecule has 0 saturated heterocycles. The Kier molecular flexibility index (Phi) is 5.12. The van der Waals surface area contributed by atoms with E-state index in [2.05, 4.69) is 31.9 Å². The molecule has 2 aromatic carbocycles. The zero-order valence-electron chi connectivity index (χ0n) is 11.8. The van der Waals surface area contributed by atoms with Crippen molar-refractivity contribution in [2.75, 3.05) is 7.11 Å². The van der Waals surface area contributed by atoms with Gasteiger partial charge in [-0.15, -0.1) is 0 Å². The maximum absolute atomic E-state index is 12.9. The molecule has 0 radical (unpaired) electrons. The molecular formula is C16H13Br2ClO2. The van der Waals surface area contributed by atoms with Crippen LogP contribution in [-0.2, 0) is 0 Å². The highest BCUT2D eigenvalue weighted by Crippen LogP contribution is 2.35. The second kappa shape index (κ2) is 6.51. The van der Waals surface area contributed by atoms with E-state index < -0.39 is 0 Å². The van der Waals surface area contributed by atoms with Crippen LogP contribution in [0.4, 0.5) is 0 Å². The maximum Gasteiger partial charge on any atom is 0.198 e. The van der Waals surface area contributed by atoms with Crippen LogP contribution in [0.25, 0.3) is 0 Å². The van der Waals surface area contributed by atoms with Gasteiger partial charge in [0.1, 0.15) is 5.75 Å². The SMILES string of the molecule is COc1c(C)cc(Br)c(C)c1C(=O)c1cc(Br)ccc1Cl. The summed E-state index contributed by atoms with van der Waals surface area (Å²) in [4.78, 5) is 12.9. The van der Waals surface area contributed by atoms with E-state index in [0.29, 0.717) is 21.9 Å². The van der Waals surface area contributed by atoms with E-state index in [4.69, 9.17) is 16.3 Å². The van der Waals surface area contributed by atoms with Crippen molar-refractivity contribution < 1.29 is 9.53 Å². The zero-order valence-corrected chi connectivity index (χ0v) is 15.7. The summed E-state index contributed by atoms with van der Waals surface area (Å²) in [6, 6.07) is 7.16. The van der Waals surface area contributed by atoms with Crippen molar-refractivity contribution >= 4 is 49.2 Å². The van der Waals surface area contributed by atoms with Crippen LogP contribution < -0.4 is 4.74 Å². The zero-order chi connectivity index (χ0) is 15.7. The van der Waals surface area contributed by atoms with Crippen LogP contribution in [0.5, 0.6) is 5.75 Å². The molecule has 0 heterocycles. The van der Waals surface area contributed by atoms with Gasteiger partial charge in [-0.25, -0.2) is 0 Å². The number of aryl methyl sites for hydroxylation is 1. The number of hydrogen-bond acceptors (Lipinski definition) is 2. The Hall–Kier alpha value is -0.840. The largest absolute Gasteiger partial charge is 0.496 e. The third kappa shape index (κ3) is 3.17. The second-order valence-corrected chi connectivity index (χ2v) is 6.84. The molecule has 0 saturated carbocycles. The van der Waals surface area contributed by atoms with E-state index in [-0.39, 0.29) is 5.78 Å². The minimum Gasteiger partial charge on any atom is -0.496 e. The summed E-state index contributed by atoms with van der Waals surface area (Å²) in [5.41, 5.74) is 2.71. The van der Waals surface area contributed by atoms with Gasteiger partial charge in [0.25, 0.3) is 0 Å². The fourth-order valence-electron chi connectivity index (χ4n) is 2.19. The molecule has 0 amide bonds. The second-order valence-electron chi connectivity index (χ2n) is 4.66. The van der Waals surface area contributed by atoms with Crippen molar-refractivity contribution in [3.8, 4) is 5.75 Å². The summed E-state index contributed by atoms with van der Waals surface area (Å²) < 4.78 is 7.10. The molecule has 2 rings (SSSR count). The van der Waals surface area contributed by atoms with Gasteiger partial charge in [-0.2, -0.15) is 0 Å². The predicted molar refractivity (Wildman–Crippen MR) is 92.8 cm³/mol. The number of ether oxygens (including phenoxy) is 1. The van der Waals surface area contributed by atoms with Crippen LogP contribution in [0.15, 0.2) is 33.2 Å². The lowest BCUT2D eigenvalue weighted by Crippen LogP contribution is -2.09. The standard InChI is InChI=1S/C16H13Br2ClO2/c1-8-6-12(18)9(2)14(16(8)21-3)15(20)11-7-10(17)4-5-13(11)19/h4-7H,1-3H3. The number of methoxy groups -OCH3 is 1. The highest BCUT2D eigenvalue weighted by Gasteiger charge is 2.22. The van der Waals surface area contributed by atoms with Crippen molar-refractivity contribution in [1.29, 1.82) is 0 Å². The molecule has 0 N–H and O–H groups in total. The summed E-state index contributed by atoms with van der Waals surface area (Å²) in [5, 5.41) is 0.419. The van der Waals surface area contributed by atoms with Gasteiger partial charge in [0.05, 0.1) is 17.7 Å². The molecule has 110 valence electrons. The molecule has 5 heteroatoms. The maximum atomic E-state index is 12.9. The third-order valence-corrected chi connectivity index (χ3v) is 4.91. The van der Waals surface area contributed by atoms with E-state index >= 15 is 0 Å². The molecule has 0 spiro atoms. The summed E-state index contributed by atoms with van der Waals surface area (Å²) in [6.07, 6.45) is 0. The number of benzene rings is 2. The number of ketones is 1. The van der Waals surface area contributed by atoms with E-state index in [9.17, 15) is 4.79 Å². The number of carbonyl (C=O) groups is 1. The quantitative estimate of drug-likeness (QED) is 0.580. The van der Waals surface area contributed by atoms with Crippen LogP contribution >= 0.6 is 43.5 Å². The summed E-state index contributed by atoms with van der Waals surface area (Å²) in [5.74, 6) is 0.428. The van der Waals surface area contributed by atoms with Gasteiger partial charge in [0.2, 0.25) is 0 Å². The first-order valence-electron chi connectivity index (χ1n) is 6.20. The van der Waals surface area contributed by atoms with Crippen molar-refractivity contribution in [2.45, 2.75) is 13.8 Å². The Morgan fingerprint density at radius 1 is 1.19 bits per heavy atom. The average molecular weight is 433 g/mol. The fraction of sp³-hybridized carbons (Fsp3) is 0.188. The number of halogens is 3. The first-order chi connectivity index (χ1) is 9.86. The normalized spacial score (nSPS) is 10.6. The van der Waals surface area contributed by atoms with Gasteiger partial charge < -0.3 is 4.74 Å². The number of hydrogen-bond donors (Lipinski definition) is 0. The third-order valence-electron chi connectivity index (χ3n) is 3.27. The lowest BCUT2D eigenvalue weighted by Gasteiger charge is -2.15. The van der Waals surface area contributed by atoms with E-state index in [1.165, 1.54) is 0 Å². The van der Waals surface area contributed by atoms with E-state index in [0.717, 1.165) is 20.1 Å². The summed E-state index contributed by atoms with van der Waals surface area (Å²) in [7, 11) is 1.56. The molecule has 2 aromatic rings. The summed E-state index contributed by atoms with van der Waals surface area (Å²) >= 11 is 13.0. The lowest BCUT2D eigenvalue weighted by molar-refractivity contribution is 0.103. The number of rotatable bonds is 3. The minimum absolute atomic E-state index is 0.153. The van der Waals surface area contributed by atoms with Crippen molar-refractivity contribution in [3.63, 3.8) is 0 Å². The molecule has 0 aromatic heterocycles. The highest BCUT2D eigenvalue weighted by molar-refractivity contribution is 9.10. The Balaban J connectivity index is 2.71. The van der Waals surface area contributed by atoms with Crippen molar-refractivity contribution in [3.05, 3.63) is 60.5 Å². The molecule has 21 heavy (non-hydrogen) atoms. The van der Waals surface area contributed by atoms with Gasteiger partial charge in [0.15, 0.2) is 5.78 Å². The lowest BCUT2D eigenvalue weighted by atomic mass is 9.96. The van der Waals surface area contributed by atoms with Crippen LogP contribution in [0.1, 0.15) is 27.0 Å².